The molecule has 27 heavy (non-hydrogen) atoms. The second-order valence-corrected chi connectivity index (χ2v) is 9.45. The van der Waals surface area contributed by atoms with Crippen molar-refractivity contribution in [2.45, 2.75) is 59.5 Å². The molecule has 0 bridgehead atoms. The quantitative estimate of drug-likeness (QED) is 0.442. The van der Waals surface area contributed by atoms with Gasteiger partial charge in [0, 0.05) is 0 Å². The number of halogens is 3. The van der Waals surface area contributed by atoms with E-state index in [2.05, 4.69) is 26.1 Å². The van der Waals surface area contributed by atoms with Crippen molar-refractivity contribution in [1.29, 1.82) is 0 Å². The number of hydrogen-bond acceptors (Lipinski definition) is 3. The zero-order valence-corrected chi connectivity index (χ0v) is 18.3. The number of anilines is 1. The van der Waals surface area contributed by atoms with Crippen LogP contribution in [-0.2, 0) is 14.3 Å². The molecule has 1 N–H and O–H groups in total. The smallest absolute Gasteiger partial charge is 0.309 e. The van der Waals surface area contributed by atoms with Gasteiger partial charge in [-0.15, -0.1) is 0 Å². The van der Waals surface area contributed by atoms with Gasteiger partial charge in [0.2, 0.25) is 0 Å². The molecule has 0 spiro atoms. The van der Waals surface area contributed by atoms with Crippen molar-refractivity contribution in [2.75, 3.05) is 5.32 Å². The molecule has 1 unspecified atom stereocenters. The molecule has 1 atom stereocenters. The Kier molecular flexibility index (Phi) is 7.46. The van der Waals surface area contributed by atoms with Gasteiger partial charge in [-0.1, -0.05) is 55.6 Å². The van der Waals surface area contributed by atoms with Gasteiger partial charge in [0.1, 0.15) is 0 Å². The Morgan fingerprint density at radius 3 is 2.15 bits per heavy atom. The lowest BCUT2D eigenvalue weighted by molar-refractivity contribution is -0.158. The van der Waals surface area contributed by atoms with Crippen LogP contribution in [0.2, 0.25) is 15.1 Å². The highest BCUT2D eigenvalue weighted by Crippen LogP contribution is 2.40. The minimum absolute atomic E-state index is 0.146. The highest BCUT2D eigenvalue weighted by Gasteiger charge is 2.34. The molecule has 150 valence electrons. The SMILES string of the molecule is CC(OC(=O)C1CCC(C(C)(C)C)CC1)C(=O)Nc1cc(Cl)c(Cl)cc1Cl. The lowest BCUT2D eigenvalue weighted by atomic mass is 9.70. The van der Waals surface area contributed by atoms with E-state index >= 15 is 0 Å². The van der Waals surface area contributed by atoms with Crippen LogP contribution >= 0.6 is 34.8 Å². The molecule has 0 saturated heterocycles. The van der Waals surface area contributed by atoms with E-state index in [4.69, 9.17) is 39.5 Å². The van der Waals surface area contributed by atoms with E-state index in [1.54, 1.807) is 6.92 Å². The molecule has 1 aromatic rings. The Labute approximate surface area is 175 Å². The molecule has 1 aliphatic carbocycles. The fraction of sp³-hybridized carbons (Fsp3) is 0.600. The maximum Gasteiger partial charge on any atom is 0.309 e. The molecule has 1 saturated carbocycles. The standard InChI is InChI=1S/C20H26Cl3NO3/c1-11(18(25)24-17-10-15(22)14(21)9-16(17)23)27-19(26)12-5-7-13(8-6-12)20(2,3)4/h9-13H,5-8H2,1-4H3,(H,24,25). The summed E-state index contributed by atoms with van der Waals surface area (Å²) < 4.78 is 5.39. The zero-order chi connectivity index (χ0) is 20.4. The van der Waals surface area contributed by atoms with Crippen molar-refractivity contribution in [1.82, 2.24) is 0 Å². The second kappa shape index (κ2) is 9.02. The van der Waals surface area contributed by atoms with E-state index in [9.17, 15) is 9.59 Å². The van der Waals surface area contributed by atoms with Crippen LogP contribution in [0, 0.1) is 17.3 Å². The van der Waals surface area contributed by atoms with Crippen LogP contribution in [0.3, 0.4) is 0 Å². The van der Waals surface area contributed by atoms with Gasteiger partial charge in [0.25, 0.3) is 5.91 Å². The van der Waals surface area contributed by atoms with Crippen LogP contribution in [0.4, 0.5) is 5.69 Å². The zero-order valence-electron chi connectivity index (χ0n) is 16.1. The fourth-order valence-corrected chi connectivity index (χ4v) is 3.97. The molecular formula is C20H26Cl3NO3. The molecule has 1 aromatic carbocycles. The molecule has 0 heterocycles. The number of carbonyl (C=O) groups is 2. The van der Waals surface area contributed by atoms with E-state index in [1.807, 2.05) is 0 Å². The first-order valence-corrected chi connectivity index (χ1v) is 10.3. The summed E-state index contributed by atoms with van der Waals surface area (Å²) >= 11 is 17.9. The Bertz CT molecular complexity index is 707. The molecule has 0 radical (unpaired) electrons. The van der Waals surface area contributed by atoms with E-state index in [1.165, 1.54) is 12.1 Å². The third kappa shape index (κ3) is 6.00. The molecule has 1 aliphatic rings. The van der Waals surface area contributed by atoms with Crippen molar-refractivity contribution in [3.63, 3.8) is 0 Å². The topological polar surface area (TPSA) is 55.4 Å². The van der Waals surface area contributed by atoms with Gasteiger partial charge < -0.3 is 10.1 Å². The Hall–Kier alpha value is -0.970. The van der Waals surface area contributed by atoms with E-state index in [-0.39, 0.29) is 27.3 Å². The molecule has 1 amide bonds. The molecule has 2 rings (SSSR count). The van der Waals surface area contributed by atoms with Gasteiger partial charge in [-0.05, 0) is 56.1 Å². The number of hydrogen-bond donors (Lipinski definition) is 1. The predicted octanol–water partition coefficient (Wildman–Crippen LogP) is 6.37. The summed E-state index contributed by atoms with van der Waals surface area (Å²) in [5.74, 6) is -0.316. The number of nitrogens with one attached hydrogen (secondary N) is 1. The van der Waals surface area contributed by atoms with Crippen LogP contribution < -0.4 is 5.32 Å². The third-order valence-corrected chi connectivity index (χ3v) is 6.25. The third-order valence-electron chi connectivity index (χ3n) is 5.22. The number of rotatable bonds is 4. The van der Waals surface area contributed by atoms with E-state index < -0.39 is 12.0 Å². The summed E-state index contributed by atoms with van der Waals surface area (Å²) in [6.07, 6.45) is 2.68. The van der Waals surface area contributed by atoms with Gasteiger partial charge in [0.05, 0.1) is 26.7 Å². The van der Waals surface area contributed by atoms with E-state index in [0.717, 1.165) is 25.7 Å². The molecule has 4 nitrogen and oxygen atoms in total. The average molecular weight is 435 g/mol. The van der Waals surface area contributed by atoms with Gasteiger partial charge in [0.15, 0.2) is 6.10 Å². The second-order valence-electron chi connectivity index (χ2n) is 8.23. The van der Waals surface area contributed by atoms with Crippen LogP contribution in [-0.4, -0.2) is 18.0 Å². The average Bonchev–Trinajstić information content (AvgIpc) is 2.58. The Morgan fingerprint density at radius 2 is 1.59 bits per heavy atom. The number of amides is 1. The first-order valence-electron chi connectivity index (χ1n) is 9.15. The molecule has 0 aromatic heterocycles. The van der Waals surface area contributed by atoms with Crippen molar-refractivity contribution < 1.29 is 14.3 Å². The number of esters is 1. The molecule has 0 aliphatic heterocycles. The number of ether oxygens (including phenoxy) is 1. The van der Waals surface area contributed by atoms with E-state index in [0.29, 0.717) is 16.6 Å². The lowest BCUT2D eigenvalue weighted by Crippen LogP contribution is -2.34. The summed E-state index contributed by atoms with van der Waals surface area (Å²) in [7, 11) is 0. The van der Waals surface area contributed by atoms with Crippen molar-refractivity contribution in [3.05, 3.63) is 27.2 Å². The summed E-state index contributed by atoms with van der Waals surface area (Å²) in [4.78, 5) is 24.8. The molecular weight excluding hydrogens is 409 g/mol. The number of carbonyl (C=O) groups excluding carboxylic acids is 2. The molecule has 1 fully saturated rings. The number of benzene rings is 1. The lowest BCUT2D eigenvalue weighted by Gasteiger charge is -2.36. The van der Waals surface area contributed by atoms with Crippen molar-refractivity contribution >= 4 is 52.4 Å². The maximum atomic E-state index is 12.4. The van der Waals surface area contributed by atoms with Crippen LogP contribution in [0.5, 0.6) is 0 Å². The van der Waals surface area contributed by atoms with Gasteiger partial charge in [-0.25, -0.2) is 0 Å². The predicted molar refractivity (Wildman–Crippen MR) is 111 cm³/mol. The largest absolute Gasteiger partial charge is 0.452 e. The minimum atomic E-state index is -0.927. The monoisotopic (exact) mass is 433 g/mol. The Morgan fingerprint density at radius 1 is 1.04 bits per heavy atom. The van der Waals surface area contributed by atoms with Gasteiger partial charge in [-0.3, -0.25) is 9.59 Å². The first kappa shape index (κ1) is 22.3. The summed E-state index contributed by atoms with van der Waals surface area (Å²) in [6.45, 7) is 8.24. The summed E-state index contributed by atoms with van der Waals surface area (Å²) in [6, 6.07) is 2.91. The highest BCUT2D eigenvalue weighted by molar-refractivity contribution is 6.44. The molecule has 7 heteroatoms. The minimum Gasteiger partial charge on any atom is -0.452 e. The van der Waals surface area contributed by atoms with Gasteiger partial charge in [-0.2, -0.15) is 0 Å². The van der Waals surface area contributed by atoms with Crippen molar-refractivity contribution in [2.24, 2.45) is 17.3 Å². The first-order chi connectivity index (χ1) is 12.5. The van der Waals surface area contributed by atoms with Crippen LogP contribution in [0.1, 0.15) is 53.4 Å². The normalized spacial score (nSPS) is 21.4. The fourth-order valence-electron chi connectivity index (χ4n) is 3.37. The summed E-state index contributed by atoms with van der Waals surface area (Å²) in [5.41, 5.74) is 0.575. The van der Waals surface area contributed by atoms with Crippen LogP contribution in [0.15, 0.2) is 12.1 Å². The maximum absolute atomic E-state index is 12.4. The van der Waals surface area contributed by atoms with Crippen molar-refractivity contribution in [3.8, 4) is 0 Å². The Balaban J connectivity index is 1.89. The van der Waals surface area contributed by atoms with Crippen LogP contribution in [0.25, 0.3) is 0 Å². The summed E-state index contributed by atoms with van der Waals surface area (Å²) in [5, 5.41) is 3.45. The van der Waals surface area contributed by atoms with Gasteiger partial charge >= 0.3 is 5.97 Å². The highest BCUT2D eigenvalue weighted by atomic mass is 35.5.